The van der Waals surface area contributed by atoms with Crippen LogP contribution in [0.1, 0.15) is 18.4 Å². The normalized spacial score (nSPS) is 13.9. The molecule has 1 aliphatic rings. The lowest BCUT2D eigenvalue weighted by Crippen LogP contribution is -2.35. The number of methoxy groups -OCH3 is 1. The third-order valence-electron chi connectivity index (χ3n) is 4.54. The van der Waals surface area contributed by atoms with Crippen molar-refractivity contribution in [2.24, 2.45) is 0 Å². The van der Waals surface area contributed by atoms with Gasteiger partial charge in [0.15, 0.2) is 9.84 Å². The number of hydrogen-bond acceptors (Lipinski definition) is 5. The summed E-state index contributed by atoms with van der Waals surface area (Å²) in [4.78, 5) is 15.9. The first kappa shape index (κ1) is 19.8. The molecule has 5 nitrogen and oxygen atoms in total. The Hall–Kier alpha value is -1.99. The van der Waals surface area contributed by atoms with Gasteiger partial charge in [-0.2, -0.15) is 0 Å². The lowest BCUT2D eigenvalue weighted by molar-refractivity contribution is -0.118. The molecule has 1 aliphatic heterocycles. The van der Waals surface area contributed by atoms with Crippen molar-refractivity contribution < 1.29 is 17.9 Å². The molecule has 0 aromatic heterocycles. The Balaban J connectivity index is 1.64. The van der Waals surface area contributed by atoms with Crippen molar-refractivity contribution in [1.29, 1.82) is 0 Å². The van der Waals surface area contributed by atoms with Crippen LogP contribution in [0.5, 0.6) is 5.75 Å². The first-order valence-corrected chi connectivity index (χ1v) is 11.7. The van der Waals surface area contributed by atoms with Crippen molar-refractivity contribution in [3.05, 3.63) is 48.0 Å². The van der Waals surface area contributed by atoms with Gasteiger partial charge in [0.1, 0.15) is 5.75 Å². The minimum Gasteiger partial charge on any atom is -0.497 e. The SMILES string of the molecule is COc1ccc(SCCC(=O)N2CCCc3cc(S(C)(=O)=O)ccc32)cc1. The van der Waals surface area contributed by atoms with Gasteiger partial charge in [0, 0.05) is 35.6 Å². The summed E-state index contributed by atoms with van der Waals surface area (Å²) in [6.07, 6.45) is 3.28. The Morgan fingerprint density at radius 1 is 1.19 bits per heavy atom. The molecule has 27 heavy (non-hydrogen) atoms. The highest BCUT2D eigenvalue weighted by Gasteiger charge is 2.23. The molecule has 0 aliphatic carbocycles. The van der Waals surface area contributed by atoms with Crippen LogP contribution in [-0.4, -0.2) is 40.0 Å². The molecule has 2 aromatic carbocycles. The molecule has 0 unspecified atom stereocenters. The summed E-state index contributed by atoms with van der Waals surface area (Å²) >= 11 is 1.64. The molecule has 7 heteroatoms. The molecule has 0 saturated carbocycles. The third-order valence-corrected chi connectivity index (χ3v) is 6.67. The first-order chi connectivity index (χ1) is 12.9. The summed E-state index contributed by atoms with van der Waals surface area (Å²) in [6, 6.07) is 12.8. The van der Waals surface area contributed by atoms with E-state index >= 15 is 0 Å². The van der Waals surface area contributed by atoms with E-state index in [4.69, 9.17) is 4.74 Å². The molecular weight excluding hydrogens is 382 g/mol. The van der Waals surface area contributed by atoms with Crippen molar-refractivity contribution in [2.75, 3.05) is 30.6 Å². The van der Waals surface area contributed by atoms with E-state index in [0.717, 1.165) is 34.7 Å². The smallest absolute Gasteiger partial charge is 0.227 e. The van der Waals surface area contributed by atoms with Crippen molar-refractivity contribution in [1.82, 2.24) is 0 Å². The molecule has 0 saturated heterocycles. The minimum atomic E-state index is -3.24. The standard InChI is InChI=1S/C20H23NO4S2/c1-25-16-5-7-17(8-6-16)26-13-11-20(22)21-12-3-4-15-14-18(27(2,23)24)9-10-19(15)21/h5-10,14H,3-4,11-13H2,1-2H3. The van der Waals surface area contributed by atoms with Crippen molar-refractivity contribution in [3.63, 3.8) is 0 Å². The van der Waals surface area contributed by atoms with Crippen LogP contribution >= 0.6 is 11.8 Å². The van der Waals surface area contributed by atoms with E-state index in [-0.39, 0.29) is 5.91 Å². The quantitative estimate of drug-likeness (QED) is 0.688. The predicted octanol–water partition coefficient (Wildman–Crippen LogP) is 3.56. The fourth-order valence-electron chi connectivity index (χ4n) is 3.13. The zero-order valence-electron chi connectivity index (χ0n) is 15.5. The van der Waals surface area contributed by atoms with Gasteiger partial charge in [-0.25, -0.2) is 8.42 Å². The highest BCUT2D eigenvalue weighted by molar-refractivity contribution is 7.99. The Bertz CT molecular complexity index is 923. The maximum absolute atomic E-state index is 12.7. The van der Waals surface area contributed by atoms with Crippen LogP contribution in [0, 0.1) is 0 Å². The van der Waals surface area contributed by atoms with E-state index in [1.807, 2.05) is 24.3 Å². The largest absolute Gasteiger partial charge is 0.497 e. The molecule has 0 fully saturated rings. The molecular formula is C20H23NO4S2. The number of ether oxygens (including phenoxy) is 1. The highest BCUT2D eigenvalue weighted by atomic mass is 32.2. The van der Waals surface area contributed by atoms with Crippen LogP contribution < -0.4 is 9.64 Å². The van der Waals surface area contributed by atoms with Crippen LogP contribution in [0.2, 0.25) is 0 Å². The van der Waals surface area contributed by atoms with Gasteiger partial charge in [-0.1, -0.05) is 0 Å². The zero-order chi connectivity index (χ0) is 19.4. The maximum atomic E-state index is 12.7. The van der Waals surface area contributed by atoms with Crippen LogP contribution in [0.15, 0.2) is 52.3 Å². The van der Waals surface area contributed by atoms with Gasteiger partial charge in [-0.15, -0.1) is 11.8 Å². The number of aryl methyl sites for hydroxylation is 1. The lowest BCUT2D eigenvalue weighted by atomic mass is 10.0. The van der Waals surface area contributed by atoms with E-state index in [2.05, 4.69) is 0 Å². The van der Waals surface area contributed by atoms with E-state index in [9.17, 15) is 13.2 Å². The van der Waals surface area contributed by atoms with Gasteiger partial charge >= 0.3 is 0 Å². The molecule has 144 valence electrons. The number of fused-ring (bicyclic) bond motifs is 1. The Morgan fingerprint density at radius 3 is 2.59 bits per heavy atom. The van der Waals surface area contributed by atoms with Gasteiger partial charge in [-0.3, -0.25) is 4.79 Å². The number of hydrogen-bond donors (Lipinski definition) is 0. The molecule has 0 N–H and O–H groups in total. The van der Waals surface area contributed by atoms with Crippen molar-refractivity contribution >= 4 is 33.2 Å². The fraction of sp³-hybridized carbons (Fsp3) is 0.350. The van der Waals surface area contributed by atoms with E-state index in [1.165, 1.54) is 6.26 Å². The summed E-state index contributed by atoms with van der Waals surface area (Å²) in [7, 11) is -1.60. The van der Waals surface area contributed by atoms with Crippen LogP contribution in [0.4, 0.5) is 5.69 Å². The first-order valence-electron chi connectivity index (χ1n) is 8.78. The number of rotatable bonds is 6. The van der Waals surface area contributed by atoms with Crippen LogP contribution in [0.25, 0.3) is 0 Å². The lowest BCUT2D eigenvalue weighted by Gasteiger charge is -2.30. The van der Waals surface area contributed by atoms with Gasteiger partial charge < -0.3 is 9.64 Å². The van der Waals surface area contributed by atoms with Crippen LogP contribution in [-0.2, 0) is 21.1 Å². The van der Waals surface area contributed by atoms with E-state index in [0.29, 0.717) is 23.6 Å². The number of benzene rings is 2. The highest BCUT2D eigenvalue weighted by Crippen LogP contribution is 2.30. The summed E-state index contributed by atoms with van der Waals surface area (Å²) in [5.41, 5.74) is 1.77. The van der Waals surface area contributed by atoms with Crippen molar-refractivity contribution in [2.45, 2.75) is 29.1 Å². The summed E-state index contributed by atoms with van der Waals surface area (Å²) in [6.45, 7) is 0.678. The molecule has 0 bridgehead atoms. The number of anilines is 1. The molecule has 0 radical (unpaired) electrons. The van der Waals surface area contributed by atoms with Gasteiger partial charge in [0.2, 0.25) is 5.91 Å². The predicted molar refractivity (Wildman–Crippen MR) is 109 cm³/mol. The zero-order valence-corrected chi connectivity index (χ0v) is 17.1. The molecule has 1 amide bonds. The van der Waals surface area contributed by atoms with E-state index in [1.54, 1.807) is 42.0 Å². The Kier molecular flexibility index (Phi) is 6.11. The molecule has 2 aromatic rings. The second-order valence-corrected chi connectivity index (χ2v) is 9.67. The topological polar surface area (TPSA) is 63.7 Å². The fourth-order valence-corrected chi connectivity index (χ4v) is 4.64. The average molecular weight is 406 g/mol. The second-order valence-electron chi connectivity index (χ2n) is 6.49. The number of carbonyl (C=O) groups excluding carboxylic acids is 1. The van der Waals surface area contributed by atoms with E-state index < -0.39 is 9.84 Å². The molecule has 0 spiro atoms. The van der Waals surface area contributed by atoms with Gasteiger partial charge in [-0.05, 0) is 60.9 Å². The summed E-state index contributed by atoms with van der Waals surface area (Å²) in [5, 5.41) is 0. The monoisotopic (exact) mass is 405 g/mol. The number of carbonyl (C=O) groups is 1. The van der Waals surface area contributed by atoms with Gasteiger partial charge in [0.25, 0.3) is 0 Å². The molecule has 0 atom stereocenters. The number of thioether (sulfide) groups is 1. The minimum absolute atomic E-state index is 0.0732. The average Bonchev–Trinajstić information content (AvgIpc) is 2.66. The van der Waals surface area contributed by atoms with Gasteiger partial charge in [0.05, 0.1) is 12.0 Å². The van der Waals surface area contributed by atoms with Crippen molar-refractivity contribution in [3.8, 4) is 5.75 Å². The molecule has 1 heterocycles. The maximum Gasteiger partial charge on any atom is 0.227 e. The summed E-state index contributed by atoms with van der Waals surface area (Å²) in [5.74, 6) is 1.58. The second kappa shape index (κ2) is 8.35. The Labute approximate surface area is 164 Å². The number of nitrogens with zero attached hydrogens (tertiary/aromatic N) is 1. The summed E-state index contributed by atoms with van der Waals surface area (Å²) < 4.78 is 28.7. The number of sulfone groups is 1. The number of amides is 1. The van der Waals surface area contributed by atoms with Crippen LogP contribution in [0.3, 0.4) is 0 Å². The Morgan fingerprint density at radius 2 is 1.93 bits per heavy atom. The third kappa shape index (κ3) is 4.84. The molecule has 3 rings (SSSR count).